The third-order valence-electron chi connectivity index (χ3n) is 7.66. The van der Waals surface area contributed by atoms with Gasteiger partial charge >= 0.3 is 6.18 Å². The molecular weight excluding hydrogens is 365 g/mol. The number of ketones is 1. The van der Waals surface area contributed by atoms with Crippen molar-refractivity contribution in [2.24, 2.45) is 29.1 Å². The van der Waals surface area contributed by atoms with E-state index in [2.05, 4.69) is 6.92 Å². The molecule has 0 heterocycles. The van der Waals surface area contributed by atoms with Crippen LogP contribution >= 0.6 is 11.6 Å². The molecule has 26 heavy (non-hydrogen) atoms. The van der Waals surface area contributed by atoms with Gasteiger partial charge in [-0.15, -0.1) is 0 Å². The van der Waals surface area contributed by atoms with Crippen LogP contribution in [0.4, 0.5) is 13.2 Å². The molecule has 0 aromatic rings. The number of allylic oxidation sites excluding steroid dienone is 3. The normalized spacial score (nSPS) is 43.4. The zero-order valence-corrected chi connectivity index (χ0v) is 15.5. The lowest BCUT2D eigenvalue weighted by Gasteiger charge is -2.57. The molecule has 0 aromatic heterocycles. The summed E-state index contributed by atoms with van der Waals surface area (Å²) in [6.07, 6.45) is 0.574. The Kier molecular flexibility index (Phi) is 4.35. The van der Waals surface area contributed by atoms with Crippen LogP contribution in [-0.2, 0) is 4.79 Å². The molecule has 4 aliphatic rings. The first-order valence-electron chi connectivity index (χ1n) is 9.51. The van der Waals surface area contributed by atoms with Gasteiger partial charge in [-0.25, -0.2) is 0 Å². The Hall–Kier alpha value is -0.810. The number of carbonyl (C=O) groups excluding carboxylic acids is 1. The number of rotatable bonds is 0. The topological polar surface area (TPSA) is 37.3 Å². The van der Waals surface area contributed by atoms with E-state index in [0.717, 1.165) is 19.3 Å². The van der Waals surface area contributed by atoms with Crippen LogP contribution in [0.2, 0.25) is 0 Å². The zero-order chi connectivity index (χ0) is 18.9. The Bertz CT molecular complexity index is 696. The number of Topliss-reactive ketones (excluding diaryl/α,β-unsaturated/α-hetero) is 1. The van der Waals surface area contributed by atoms with Crippen LogP contribution in [-0.4, -0.2) is 23.2 Å². The molecule has 0 amide bonds. The van der Waals surface area contributed by atoms with Gasteiger partial charge in [0.15, 0.2) is 5.78 Å². The second-order valence-corrected chi connectivity index (χ2v) is 9.15. The molecule has 2 nitrogen and oxygen atoms in total. The predicted molar refractivity (Wildman–Crippen MR) is 92.4 cm³/mol. The molecule has 0 bridgehead atoms. The van der Waals surface area contributed by atoms with E-state index in [4.69, 9.17) is 11.6 Å². The van der Waals surface area contributed by atoms with Gasteiger partial charge < -0.3 is 5.11 Å². The highest BCUT2D eigenvalue weighted by Gasteiger charge is 2.56. The summed E-state index contributed by atoms with van der Waals surface area (Å²) in [5.74, 6) is -0.148. The number of hydrogen-bond acceptors (Lipinski definition) is 2. The Morgan fingerprint density at radius 3 is 2.62 bits per heavy atom. The first kappa shape index (κ1) is 18.5. The number of halogens is 4. The minimum absolute atomic E-state index is 0.00250. The fraction of sp³-hybridized carbons (Fsp3) is 0.750. The highest BCUT2D eigenvalue weighted by molar-refractivity contribution is 6.30. The molecule has 0 aromatic carbocycles. The maximum absolute atomic E-state index is 13.5. The van der Waals surface area contributed by atoms with E-state index in [1.54, 1.807) is 0 Å². The molecule has 6 atom stereocenters. The maximum Gasteiger partial charge on any atom is 0.419 e. The Labute approximate surface area is 156 Å². The van der Waals surface area contributed by atoms with Crippen LogP contribution in [0.1, 0.15) is 51.9 Å². The first-order chi connectivity index (χ1) is 12.1. The van der Waals surface area contributed by atoms with Gasteiger partial charge in [0.1, 0.15) is 0 Å². The van der Waals surface area contributed by atoms with Crippen LogP contribution in [0.3, 0.4) is 0 Å². The van der Waals surface area contributed by atoms with Crippen molar-refractivity contribution < 1.29 is 23.1 Å². The average molecular weight is 389 g/mol. The minimum atomic E-state index is -4.54. The Morgan fingerprint density at radius 1 is 1.19 bits per heavy atom. The summed E-state index contributed by atoms with van der Waals surface area (Å²) in [4.78, 5) is 12.0. The van der Waals surface area contributed by atoms with E-state index >= 15 is 0 Å². The predicted octanol–water partition coefficient (Wildman–Crippen LogP) is 5.15. The third kappa shape index (κ3) is 2.61. The second-order valence-electron chi connectivity index (χ2n) is 8.71. The summed E-state index contributed by atoms with van der Waals surface area (Å²) >= 11 is 6.19. The van der Waals surface area contributed by atoms with E-state index in [0.29, 0.717) is 35.8 Å². The second kappa shape index (κ2) is 6.10. The van der Waals surface area contributed by atoms with E-state index < -0.39 is 23.6 Å². The van der Waals surface area contributed by atoms with Gasteiger partial charge in [0.05, 0.1) is 11.7 Å². The molecule has 6 heteroatoms. The van der Waals surface area contributed by atoms with Crippen molar-refractivity contribution >= 4 is 17.4 Å². The summed E-state index contributed by atoms with van der Waals surface area (Å²) in [5, 5.41) is 11.1. The van der Waals surface area contributed by atoms with Crippen molar-refractivity contribution in [3.8, 4) is 0 Å². The van der Waals surface area contributed by atoms with E-state index in [9.17, 15) is 23.1 Å². The molecule has 1 N–H and O–H groups in total. The zero-order valence-electron chi connectivity index (χ0n) is 14.8. The maximum atomic E-state index is 13.5. The average Bonchev–Trinajstić information content (AvgIpc) is 2.57. The van der Waals surface area contributed by atoms with Crippen LogP contribution in [0.15, 0.2) is 22.3 Å². The largest absolute Gasteiger partial charge is 0.419 e. The molecule has 2 fully saturated rings. The molecular formula is C20H24ClF3O2. The minimum Gasteiger partial charge on any atom is -0.387 e. The SMILES string of the molecule is C[C@]12CC[C@H]3[C@@H](CCC4=C(C(F)(F)F)C(=O)CC[C@@H]43)[C@@H]1CC=C(Cl)[C@@H]2O. The summed E-state index contributed by atoms with van der Waals surface area (Å²) in [5.41, 5.74) is -0.790. The Morgan fingerprint density at radius 2 is 1.92 bits per heavy atom. The summed E-state index contributed by atoms with van der Waals surface area (Å²) < 4.78 is 40.4. The van der Waals surface area contributed by atoms with Crippen LogP contribution in [0.25, 0.3) is 0 Å². The van der Waals surface area contributed by atoms with Crippen LogP contribution in [0, 0.1) is 29.1 Å². The van der Waals surface area contributed by atoms with Crippen molar-refractivity contribution in [2.45, 2.75) is 64.1 Å². The van der Waals surface area contributed by atoms with Gasteiger partial charge in [-0.3, -0.25) is 4.79 Å². The lowest BCUT2D eigenvalue weighted by molar-refractivity contribution is -0.133. The standard InChI is InChI=1S/C20H24ClF3O2/c1-19-9-8-11-10-4-7-16(25)17(20(22,23)24)13(10)3-2-12(11)14(19)5-6-15(21)18(19)26/h6,10-12,14,18,26H,2-5,7-9H2,1H3/t10-,11-,12-,14+,18+,19+/m1/s1. The van der Waals surface area contributed by atoms with Crippen LogP contribution in [0.5, 0.6) is 0 Å². The molecule has 0 saturated heterocycles. The monoisotopic (exact) mass is 388 g/mol. The third-order valence-corrected chi connectivity index (χ3v) is 8.02. The molecule has 144 valence electrons. The van der Waals surface area contributed by atoms with Crippen molar-refractivity contribution in [1.29, 1.82) is 0 Å². The number of aliphatic hydroxyl groups is 1. The van der Waals surface area contributed by atoms with E-state index in [1.165, 1.54) is 0 Å². The van der Waals surface area contributed by atoms with Gasteiger partial charge in [0.2, 0.25) is 0 Å². The van der Waals surface area contributed by atoms with Crippen molar-refractivity contribution in [3.63, 3.8) is 0 Å². The fourth-order valence-electron chi connectivity index (χ4n) is 6.42. The smallest absolute Gasteiger partial charge is 0.387 e. The quantitative estimate of drug-likeness (QED) is 0.622. The number of fused-ring (bicyclic) bond motifs is 5. The lowest BCUT2D eigenvalue weighted by Crippen LogP contribution is -2.53. The first-order valence-corrected chi connectivity index (χ1v) is 9.89. The lowest BCUT2D eigenvalue weighted by atomic mass is 9.48. The van der Waals surface area contributed by atoms with Gasteiger partial charge in [-0.1, -0.05) is 30.2 Å². The molecule has 0 radical (unpaired) electrons. The highest BCUT2D eigenvalue weighted by atomic mass is 35.5. The molecule has 4 rings (SSSR count). The Balaban J connectivity index is 1.70. The van der Waals surface area contributed by atoms with Gasteiger partial charge in [0.25, 0.3) is 0 Å². The summed E-state index contributed by atoms with van der Waals surface area (Å²) in [6, 6.07) is 0. The van der Waals surface area contributed by atoms with Crippen molar-refractivity contribution in [3.05, 3.63) is 22.3 Å². The molecule has 4 aliphatic carbocycles. The van der Waals surface area contributed by atoms with Gasteiger partial charge in [-0.05, 0) is 62.2 Å². The number of hydrogen-bond donors (Lipinski definition) is 1. The fourth-order valence-corrected chi connectivity index (χ4v) is 6.76. The van der Waals surface area contributed by atoms with Gasteiger partial charge in [-0.2, -0.15) is 13.2 Å². The van der Waals surface area contributed by atoms with Crippen molar-refractivity contribution in [2.75, 3.05) is 0 Å². The van der Waals surface area contributed by atoms with Crippen molar-refractivity contribution in [1.82, 2.24) is 0 Å². The highest BCUT2D eigenvalue weighted by Crippen LogP contribution is 2.61. The molecule has 2 saturated carbocycles. The van der Waals surface area contributed by atoms with E-state index in [-0.39, 0.29) is 29.6 Å². The number of carbonyl (C=O) groups is 1. The van der Waals surface area contributed by atoms with E-state index in [1.807, 2.05) is 6.08 Å². The number of aliphatic hydroxyl groups excluding tert-OH is 1. The van der Waals surface area contributed by atoms with Crippen LogP contribution < -0.4 is 0 Å². The summed E-state index contributed by atoms with van der Waals surface area (Å²) in [6.45, 7) is 2.07. The molecule has 0 spiro atoms. The molecule has 0 unspecified atom stereocenters. The van der Waals surface area contributed by atoms with Gasteiger partial charge in [0, 0.05) is 16.9 Å². The molecule has 0 aliphatic heterocycles. The number of alkyl halides is 3. The summed E-state index contributed by atoms with van der Waals surface area (Å²) in [7, 11) is 0.